The van der Waals surface area contributed by atoms with E-state index >= 15 is 0 Å². The molecule has 1 aliphatic heterocycles. The number of hydrogen-bond donors (Lipinski definition) is 3. The molecule has 31 heavy (non-hydrogen) atoms. The Kier molecular flexibility index (Phi) is 5.35. The van der Waals surface area contributed by atoms with Gasteiger partial charge in [-0.1, -0.05) is 35.4 Å². The van der Waals surface area contributed by atoms with Gasteiger partial charge < -0.3 is 20.5 Å². The van der Waals surface area contributed by atoms with Gasteiger partial charge in [-0.15, -0.1) is 0 Å². The number of hydrogen-bond acceptors (Lipinski definition) is 7. The van der Waals surface area contributed by atoms with Gasteiger partial charge in [0.2, 0.25) is 5.95 Å². The Bertz CT molecular complexity index is 1190. The lowest BCUT2D eigenvalue weighted by molar-refractivity contribution is -0.113. The summed E-state index contributed by atoms with van der Waals surface area (Å²) in [5.41, 5.74) is 1.76. The van der Waals surface area contributed by atoms with E-state index in [2.05, 4.69) is 26.2 Å². The maximum atomic E-state index is 13.4. The van der Waals surface area contributed by atoms with Crippen molar-refractivity contribution in [2.24, 2.45) is 0 Å². The van der Waals surface area contributed by atoms with Gasteiger partial charge in [0.15, 0.2) is 0 Å². The molecule has 1 atom stereocenters. The van der Waals surface area contributed by atoms with E-state index in [9.17, 15) is 14.7 Å². The molecule has 0 saturated heterocycles. The number of rotatable bonds is 6. The van der Waals surface area contributed by atoms with Crippen LogP contribution in [0.4, 0.5) is 11.6 Å². The molecule has 0 radical (unpaired) electrons. The van der Waals surface area contributed by atoms with Gasteiger partial charge in [-0.3, -0.25) is 4.79 Å². The van der Waals surface area contributed by atoms with Gasteiger partial charge in [0, 0.05) is 5.70 Å². The zero-order chi connectivity index (χ0) is 22.0. The van der Waals surface area contributed by atoms with Crippen LogP contribution in [0.1, 0.15) is 35.8 Å². The number of tetrazole rings is 1. The molecule has 0 saturated carbocycles. The predicted molar refractivity (Wildman–Crippen MR) is 112 cm³/mol. The number of carbonyl (C=O) groups is 2. The zero-order valence-electron chi connectivity index (χ0n) is 16.9. The second kappa shape index (κ2) is 8.27. The third-order valence-electron chi connectivity index (χ3n) is 4.88. The summed E-state index contributed by atoms with van der Waals surface area (Å²) in [5.74, 6) is -0.689. The number of carboxylic acids is 1. The van der Waals surface area contributed by atoms with Gasteiger partial charge in [-0.05, 0) is 48.0 Å². The Morgan fingerprint density at radius 1 is 1.19 bits per heavy atom. The van der Waals surface area contributed by atoms with E-state index in [1.165, 1.54) is 10.7 Å². The van der Waals surface area contributed by atoms with Gasteiger partial charge >= 0.3 is 5.97 Å². The Labute approximate surface area is 177 Å². The molecule has 0 aliphatic carbocycles. The van der Waals surface area contributed by atoms with Crippen molar-refractivity contribution in [1.29, 1.82) is 0 Å². The summed E-state index contributed by atoms with van der Waals surface area (Å²) in [6, 6.07) is 12.7. The van der Waals surface area contributed by atoms with Crippen LogP contribution in [0.2, 0.25) is 0 Å². The summed E-state index contributed by atoms with van der Waals surface area (Å²) < 4.78 is 7.00. The van der Waals surface area contributed by atoms with Crippen molar-refractivity contribution < 1.29 is 19.4 Å². The van der Waals surface area contributed by atoms with E-state index in [4.69, 9.17) is 4.74 Å². The minimum atomic E-state index is -1.11. The predicted octanol–water partition coefficient (Wildman–Crippen LogP) is 2.70. The monoisotopic (exact) mass is 420 g/mol. The molecule has 3 N–H and O–H groups in total. The number of nitrogens with zero attached hydrogens (tertiary/aromatic N) is 4. The van der Waals surface area contributed by atoms with E-state index in [0.717, 1.165) is 0 Å². The molecule has 3 aromatic rings. The fraction of sp³-hybridized carbons (Fsp3) is 0.190. The van der Waals surface area contributed by atoms with Crippen molar-refractivity contribution in [2.45, 2.75) is 19.9 Å². The molecule has 0 bridgehead atoms. The highest BCUT2D eigenvalue weighted by molar-refractivity contribution is 6.07. The molecule has 158 valence electrons. The number of aromatic carboxylic acids is 1. The van der Waals surface area contributed by atoms with Crippen molar-refractivity contribution in [3.8, 4) is 5.75 Å². The van der Waals surface area contributed by atoms with Crippen LogP contribution in [-0.2, 0) is 4.79 Å². The van der Waals surface area contributed by atoms with Gasteiger partial charge in [0.1, 0.15) is 11.8 Å². The molecule has 10 nitrogen and oxygen atoms in total. The minimum absolute atomic E-state index is 0.0590. The van der Waals surface area contributed by atoms with E-state index < -0.39 is 17.9 Å². The molecule has 1 unspecified atom stereocenters. The Morgan fingerprint density at radius 2 is 1.94 bits per heavy atom. The van der Waals surface area contributed by atoms with E-state index in [-0.39, 0.29) is 5.56 Å². The van der Waals surface area contributed by atoms with Crippen molar-refractivity contribution >= 4 is 23.5 Å². The maximum Gasteiger partial charge on any atom is 0.336 e. The number of carboxylic acid groups (broad SMARTS) is 1. The number of nitrogens with one attached hydrogen (secondary N) is 2. The molecule has 0 spiro atoms. The van der Waals surface area contributed by atoms with Crippen LogP contribution < -0.4 is 15.4 Å². The van der Waals surface area contributed by atoms with Gasteiger partial charge in [-0.25, -0.2) is 4.79 Å². The Hall–Kier alpha value is -4.21. The number of benzene rings is 2. The first-order chi connectivity index (χ1) is 15.0. The molecule has 2 aromatic carbocycles. The van der Waals surface area contributed by atoms with Crippen molar-refractivity contribution in [2.75, 3.05) is 17.2 Å². The summed E-state index contributed by atoms with van der Waals surface area (Å²) in [4.78, 5) is 25.3. The number of anilines is 2. The molecule has 1 amide bonds. The van der Waals surface area contributed by atoms with Gasteiger partial charge in [-0.2, -0.15) is 4.68 Å². The highest BCUT2D eigenvalue weighted by Gasteiger charge is 2.36. The number of amides is 1. The first-order valence-electron chi connectivity index (χ1n) is 9.62. The average molecular weight is 420 g/mol. The van der Waals surface area contributed by atoms with Crippen molar-refractivity contribution in [1.82, 2.24) is 20.2 Å². The lowest BCUT2D eigenvalue weighted by Crippen LogP contribution is -2.32. The summed E-state index contributed by atoms with van der Waals surface area (Å²) >= 11 is 0. The summed E-state index contributed by atoms with van der Waals surface area (Å²) in [5, 5.41) is 27.2. The molecule has 4 rings (SSSR count). The van der Waals surface area contributed by atoms with Crippen molar-refractivity contribution in [3.63, 3.8) is 0 Å². The van der Waals surface area contributed by atoms with Gasteiger partial charge in [0.05, 0.1) is 23.4 Å². The maximum absolute atomic E-state index is 13.4. The molecule has 2 heterocycles. The zero-order valence-corrected chi connectivity index (χ0v) is 16.9. The van der Waals surface area contributed by atoms with Crippen LogP contribution in [-0.4, -0.2) is 43.8 Å². The molecular weight excluding hydrogens is 400 g/mol. The largest absolute Gasteiger partial charge is 0.492 e. The quantitative estimate of drug-likeness (QED) is 0.555. The summed E-state index contributed by atoms with van der Waals surface area (Å²) in [7, 11) is 0. The van der Waals surface area contributed by atoms with E-state index in [1.807, 2.05) is 13.0 Å². The molecule has 0 fully saturated rings. The first kappa shape index (κ1) is 20.1. The second-order valence-corrected chi connectivity index (χ2v) is 6.79. The number of carbonyl (C=O) groups excluding carboxylic acids is 1. The van der Waals surface area contributed by atoms with Crippen LogP contribution in [0.5, 0.6) is 5.75 Å². The number of allylic oxidation sites excluding steroid dienone is 1. The molecule has 10 heteroatoms. The lowest BCUT2D eigenvalue weighted by Gasteiger charge is -2.28. The van der Waals surface area contributed by atoms with E-state index in [0.29, 0.717) is 40.8 Å². The SMILES string of the molecule is CCOc1ccccc1NC(=O)C1=C(C)Nc2nnnn2C1c1ccccc1C(=O)O. The standard InChI is InChI=1S/C21H20N6O4/c1-3-31-16-11-7-6-10-15(16)23-19(28)17-12(2)22-21-24-25-26-27(21)18(17)13-8-4-5-9-14(13)20(29)30/h4-11,18H,3H2,1-2H3,(H,23,28)(H,29,30)(H,22,24,26). The Balaban J connectivity index is 1.80. The average Bonchev–Trinajstić information content (AvgIpc) is 3.22. The third-order valence-corrected chi connectivity index (χ3v) is 4.88. The molecular formula is C21H20N6O4. The molecule has 1 aromatic heterocycles. The van der Waals surface area contributed by atoms with Crippen LogP contribution in [0.15, 0.2) is 59.8 Å². The normalized spacial score (nSPS) is 15.1. The van der Waals surface area contributed by atoms with Crippen LogP contribution in [0.3, 0.4) is 0 Å². The highest BCUT2D eigenvalue weighted by atomic mass is 16.5. The minimum Gasteiger partial charge on any atom is -0.492 e. The van der Waals surface area contributed by atoms with E-state index in [1.54, 1.807) is 43.3 Å². The topological polar surface area (TPSA) is 131 Å². The highest BCUT2D eigenvalue weighted by Crippen LogP contribution is 2.37. The van der Waals surface area contributed by atoms with Crippen molar-refractivity contribution in [3.05, 3.63) is 70.9 Å². The van der Waals surface area contributed by atoms with Crippen LogP contribution in [0.25, 0.3) is 0 Å². The fourth-order valence-corrected chi connectivity index (χ4v) is 3.57. The number of fused-ring (bicyclic) bond motifs is 1. The summed E-state index contributed by atoms with van der Waals surface area (Å²) in [6.07, 6.45) is 0. The fourth-order valence-electron chi connectivity index (χ4n) is 3.57. The number of aromatic nitrogens is 4. The smallest absolute Gasteiger partial charge is 0.336 e. The lowest BCUT2D eigenvalue weighted by atomic mass is 9.91. The third kappa shape index (κ3) is 3.70. The second-order valence-electron chi connectivity index (χ2n) is 6.79. The molecule has 1 aliphatic rings. The first-order valence-corrected chi connectivity index (χ1v) is 9.62. The summed E-state index contributed by atoms with van der Waals surface area (Å²) in [6.45, 7) is 4.02. The van der Waals surface area contributed by atoms with Crippen LogP contribution >= 0.6 is 0 Å². The van der Waals surface area contributed by atoms with Crippen LogP contribution in [0, 0.1) is 0 Å². The van der Waals surface area contributed by atoms with Gasteiger partial charge in [0.25, 0.3) is 5.91 Å². The Morgan fingerprint density at radius 3 is 2.71 bits per heavy atom. The number of para-hydroxylation sites is 2. The number of ether oxygens (including phenoxy) is 1.